The predicted molar refractivity (Wildman–Crippen MR) is 165 cm³/mol. The molecule has 6 atom stereocenters. The van der Waals surface area contributed by atoms with Crippen molar-refractivity contribution in [2.24, 2.45) is 29.1 Å². The number of methoxy groups -OCH3 is 2. The first-order valence-corrected chi connectivity index (χ1v) is 15.7. The number of nitrogens with zero attached hydrogens (tertiary/aromatic N) is 2. The lowest BCUT2D eigenvalue weighted by Crippen LogP contribution is -2.49. The smallest absolute Gasteiger partial charge is 0.303 e. The average molecular weight is 631 g/mol. The summed E-state index contributed by atoms with van der Waals surface area (Å²) in [4.78, 5) is 70.0. The average Bonchev–Trinajstić information content (AvgIpc) is 3.40. The number of carboxylic acids is 1. The van der Waals surface area contributed by atoms with E-state index in [2.05, 4.69) is 0 Å². The number of phenols is 1. The number of carbonyl (C=O) groups excluding carboxylic acids is 4. The zero-order valence-corrected chi connectivity index (χ0v) is 26.1. The number of aromatic hydroxyl groups is 1. The van der Waals surface area contributed by atoms with Gasteiger partial charge in [-0.2, -0.15) is 0 Å². The predicted octanol–water partition coefficient (Wildman–Crippen LogP) is 4.29. The second kappa shape index (κ2) is 11.9. The van der Waals surface area contributed by atoms with Gasteiger partial charge in [-0.15, -0.1) is 0 Å². The summed E-state index contributed by atoms with van der Waals surface area (Å²) in [6, 6.07) is 11.6. The highest BCUT2D eigenvalue weighted by Crippen LogP contribution is 2.65. The quantitative estimate of drug-likeness (QED) is 0.223. The second-order valence-corrected chi connectivity index (χ2v) is 12.8. The maximum Gasteiger partial charge on any atom is 0.303 e. The molecule has 2 aliphatic carbocycles. The molecule has 0 radical (unpaired) electrons. The van der Waals surface area contributed by atoms with Crippen LogP contribution < -0.4 is 14.4 Å². The summed E-state index contributed by atoms with van der Waals surface area (Å²) in [5.74, 6) is -5.12. The van der Waals surface area contributed by atoms with E-state index in [0.717, 1.165) is 5.57 Å². The molecule has 11 nitrogen and oxygen atoms in total. The number of rotatable bonds is 10. The molecule has 6 unspecified atom stereocenters. The number of ether oxygens (including phenoxy) is 2. The summed E-state index contributed by atoms with van der Waals surface area (Å²) in [7, 11) is 2.91. The van der Waals surface area contributed by atoms with E-state index in [1.165, 1.54) is 36.2 Å². The number of likely N-dealkylation sites (tertiary alicyclic amines) is 1. The van der Waals surface area contributed by atoms with Gasteiger partial charge >= 0.3 is 5.97 Å². The Bertz CT molecular complexity index is 1610. The van der Waals surface area contributed by atoms with Gasteiger partial charge in [0.15, 0.2) is 0 Å². The van der Waals surface area contributed by atoms with Gasteiger partial charge in [-0.25, -0.2) is 4.90 Å². The summed E-state index contributed by atoms with van der Waals surface area (Å²) < 4.78 is 11.5. The molecular formula is C35H38N2O9. The van der Waals surface area contributed by atoms with Gasteiger partial charge in [0.2, 0.25) is 23.6 Å². The molecule has 6 rings (SSSR count). The molecule has 0 aromatic heterocycles. The molecule has 2 N–H and O–H groups in total. The largest absolute Gasteiger partial charge is 0.508 e. The number of carbonyl (C=O) groups is 5. The van der Waals surface area contributed by atoms with Crippen molar-refractivity contribution in [3.05, 3.63) is 59.7 Å². The minimum absolute atomic E-state index is 0.0287. The third-order valence-electron chi connectivity index (χ3n) is 10.5. The Balaban J connectivity index is 1.44. The van der Waals surface area contributed by atoms with Crippen LogP contribution in [0.1, 0.15) is 56.9 Å². The van der Waals surface area contributed by atoms with E-state index < -0.39 is 41.0 Å². The van der Waals surface area contributed by atoms with E-state index in [0.29, 0.717) is 36.9 Å². The van der Waals surface area contributed by atoms with Crippen LogP contribution >= 0.6 is 0 Å². The molecule has 0 spiro atoms. The van der Waals surface area contributed by atoms with E-state index in [1.807, 2.05) is 6.08 Å². The molecule has 4 aliphatic rings. The lowest BCUT2D eigenvalue weighted by molar-refractivity contribution is -0.141. The molecule has 242 valence electrons. The molecule has 11 heteroatoms. The number of anilines is 1. The third kappa shape index (κ3) is 4.75. The van der Waals surface area contributed by atoms with Crippen molar-refractivity contribution >= 4 is 35.3 Å². The number of benzene rings is 2. The van der Waals surface area contributed by atoms with E-state index in [4.69, 9.17) is 14.6 Å². The SMILES string of the molecule is COc1cc(O)cc(OC)c1C1C2=CCC3C(=O)N(CCCCCC(=O)O)C(=O)C3C2CC2C(=O)N(c3ccccc3)C(=O)C21C. The minimum atomic E-state index is -1.30. The number of amides is 4. The Morgan fingerprint density at radius 2 is 1.61 bits per heavy atom. The summed E-state index contributed by atoms with van der Waals surface area (Å²) in [6.07, 6.45) is 4.01. The number of imide groups is 2. The summed E-state index contributed by atoms with van der Waals surface area (Å²) >= 11 is 0. The molecule has 2 aromatic carbocycles. The van der Waals surface area contributed by atoms with Gasteiger partial charge in [-0.3, -0.25) is 28.9 Å². The van der Waals surface area contributed by atoms with Crippen molar-refractivity contribution in [2.45, 2.75) is 51.4 Å². The lowest BCUT2D eigenvalue weighted by atomic mass is 9.51. The van der Waals surface area contributed by atoms with Crippen LogP contribution in [0.3, 0.4) is 0 Å². The Morgan fingerprint density at radius 1 is 0.935 bits per heavy atom. The Kier molecular flexibility index (Phi) is 8.12. The van der Waals surface area contributed by atoms with Crippen LogP contribution in [0.15, 0.2) is 54.1 Å². The highest BCUT2D eigenvalue weighted by Gasteiger charge is 2.68. The first kappa shape index (κ1) is 31.3. The Labute approximate surface area is 266 Å². The molecule has 2 heterocycles. The first-order chi connectivity index (χ1) is 22.0. The number of unbranched alkanes of at least 4 members (excludes halogenated alkanes) is 2. The van der Waals surface area contributed by atoms with Gasteiger partial charge in [0.25, 0.3) is 0 Å². The maximum atomic E-state index is 14.6. The van der Waals surface area contributed by atoms with Gasteiger partial charge in [0, 0.05) is 36.6 Å². The Hall–Kier alpha value is -4.67. The van der Waals surface area contributed by atoms with Crippen LogP contribution in [0.5, 0.6) is 17.2 Å². The van der Waals surface area contributed by atoms with Crippen LogP contribution in [0.2, 0.25) is 0 Å². The Morgan fingerprint density at radius 3 is 2.24 bits per heavy atom. The standard InChI is InChI=1S/C35H38N2O9/c1-35-24(32(42)37(34(35)44)19-10-6-4-7-11-19)18-23-21(30(35)29-25(45-2)16-20(38)17-26(29)46-3)13-14-22-28(23)33(43)36(31(22)41)15-9-5-8-12-27(39)40/h4,6-7,10-11,13,16-17,22-24,28,30,38H,5,8-9,12,14-15,18H2,1-3H3,(H,39,40). The number of phenolic OH excluding ortho intramolecular Hbond substituents is 1. The van der Waals surface area contributed by atoms with E-state index in [-0.39, 0.29) is 60.3 Å². The molecule has 2 aromatic rings. The van der Waals surface area contributed by atoms with Crippen molar-refractivity contribution in [3.8, 4) is 17.2 Å². The first-order valence-electron chi connectivity index (χ1n) is 15.7. The number of hydrogen-bond acceptors (Lipinski definition) is 8. The summed E-state index contributed by atoms with van der Waals surface area (Å²) in [6.45, 7) is 1.99. The van der Waals surface area contributed by atoms with Gasteiger partial charge in [0.05, 0.1) is 43.1 Å². The van der Waals surface area contributed by atoms with Gasteiger partial charge in [-0.05, 0) is 50.7 Å². The minimum Gasteiger partial charge on any atom is -0.508 e. The van der Waals surface area contributed by atoms with Gasteiger partial charge in [-0.1, -0.05) is 36.3 Å². The number of fused-ring (bicyclic) bond motifs is 4. The highest BCUT2D eigenvalue weighted by molar-refractivity contribution is 6.24. The van der Waals surface area contributed by atoms with Gasteiger partial charge < -0.3 is 19.7 Å². The van der Waals surface area contributed by atoms with Gasteiger partial charge in [0.1, 0.15) is 17.2 Å². The van der Waals surface area contributed by atoms with E-state index in [1.54, 1.807) is 37.3 Å². The van der Waals surface area contributed by atoms with Crippen LogP contribution in [-0.2, 0) is 24.0 Å². The number of hydrogen-bond donors (Lipinski definition) is 2. The molecular weight excluding hydrogens is 592 g/mol. The fraction of sp³-hybridized carbons (Fsp3) is 0.457. The number of para-hydroxylation sites is 1. The van der Waals surface area contributed by atoms with Crippen LogP contribution in [0, 0.1) is 29.1 Å². The number of aliphatic carboxylic acids is 1. The van der Waals surface area contributed by atoms with E-state index in [9.17, 15) is 29.1 Å². The number of allylic oxidation sites excluding steroid dienone is 2. The molecule has 0 bridgehead atoms. The molecule has 46 heavy (non-hydrogen) atoms. The zero-order valence-electron chi connectivity index (χ0n) is 26.1. The second-order valence-electron chi connectivity index (χ2n) is 12.8. The van der Waals surface area contributed by atoms with Crippen LogP contribution in [0.25, 0.3) is 0 Å². The van der Waals surface area contributed by atoms with Crippen LogP contribution in [0.4, 0.5) is 5.69 Å². The normalized spacial score (nSPS) is 28.5. The molecule has 4 amide bonds. The number of carboxylic acid groups (broad SMARTS) is 1. The summed E-state index contributed by atoms with van der Waals surface area (Å²) in [5, 5.41) is 19.4. The third-order valence-corrected chi connectivity index (χ3v) is 10.5. The topological polar surface area (TPSA) is 151 Å². The molecule has 2 saturated heterocycles. The maximum absolute atomic E-state index is 14.6. The fourth-order valence-corrected chi connectivity index (χ4v) is 8.36. The van der Waals surface area contributed by atoms with Crippen molar-refractivity contribution in [2.75, 3.05) is 25.7 Å². The van der Waals surface area contributed by atoms with Crippen molar-refractivity contribution in [1.82, 2.24) is 4.90 Å². The van der Waals surface area contributed by atoms with Crippen molar-refractivity contribution in [1.29, 1.82) is 0 Å². The molecule has 3 fully saturated rings. The van der Waals surface area contributed by atoms with Crippen molar-refractivity contribution < 1.29 is 43.7 Å². The monoisotopic (exact) mass is 630 g/mol. The molecule has 2 aliphatic heterocycles. The van der Waals surface area contributed by atoms with Crippen molar-refractivity contribution in [3.63, 3.8) is 0 Å². The highest BCUT2D eigenvalue weighted by atomic mass is 16.5. The summed E-state index contributed by atoms with van der Waals surface area (Å²) in [5.41, 5.74) is 0.429. The molecule has 1 saturated carbocycles. The van der Waals surface area contributed by atoms with Crippen LogP contribution in [-0.4, -0.2) is 65.5 Å². The fourth-order valence-electron chi connectivity index (χ4n) is 8.36. The zero-order chi connectivity index (χ0) is 32.9. The lowest BCUT2D eigenvalue weighted by Gasteiger charge is -2.49. The van der Waals surface area contributed by atoms with E-state index >= 15 is 0 Å².